The van der Waals surface area contributed by atoms with E-state index in [0.29, 0.717) is 0 Å². The first-order chi connectivity index (χ1) is 14.1. The number of alkyl halides is 1. The number of nitrogens with one attached hydrogen (secondary N) is 2. The molecule has 0 saturated carbocycles. The minimum atomic E-state index is -4.66. The third-order valence-electron chi connectivity index (χ3n) is 3.22. The molecule has 1 saturated heterocycles. The van der Waals surface area contributed by atoms with Crippen LogP contribution in [0, 0.1) is 0 Å². The number of hydrogen-bond donors (Lipinski definition) is 2. The summed E-state index contributed by atoms with van der Waals surface area (Å²) < 4.78 is 27.7. The van der Waals surface area contributed by atoms with E-state index in [1.54, 1.807) is 0 Å². The number of β-lactam (4-membered cyclic amide) rings is 1. The van der Waals surface area contributed by atoms with Gasteiger partial charge in [0, 0.05) is 12.3 Å². The zero-order valence-electron chi connectivity index (χ0n) is 15.3. The molecule has 2 heterocycles. The first-order valence-electron chi connectivity index (χ1n) is 7.76. The molecule has 1 aliphatic rings. The van der Waals surface area contributed by atoms with Crippen molar-refractivity contribution in [2.75, 3.05) is 24.9 Å². The van der Waals surface area contributed by atoms with Crippen LogP contribution < -0.4 is 10.6 Å². The Bertz CT molecular complexity index is 993. The Labute approximate surface area is 178 Å². The number of oxime groups is 1. The van der Waals surface area contributed by atoms with Crippen molar-refractivity contribution in [1.29, 1.82) is 0 Å². The number of nitrogens with zero attached hydrogens (tertiary/aromatic N) is 3. The molecule has 0 unspecified atom stereocenters. The lowest BCUT2D eigenvalue weighted by Crippen LogP contribution is -2.66. The summed E-state index contributed by atoms with van der Waals surface area (Å²) in [6.07, 6.45) is 0. The third-order valence-corrected chi connectivity index (χ3v) is 5.33. The zero-order valence-corrected chi connectivity index (χ0v) is 17.7. The number of rotatable bonds is 9. The molecule has 0 aromatic carbocycles. The van der Waals surface area contributed by atoms with Crippen LogP contribution in [0.2, 0.25) is 0 Å². The summed E-state index contributed by atoms with van der Waals surface area (Å²) in [5.41, 5.74) is -0.302. The van der Waals surface area contributed by atoms with Gasteiger partial charge in [0.1, 0.15) is 24.7 Å². The first kappa shape index (κ1) is 23.5. The molecule has 1 fully saturated rings. The summed E-state index contributed by atoms with van der Waals surface area (Å²) >= 11 is 6.37. The van der Waals surface area contributed by atoms with Gasteiger partial charge in [0.2, 0.25) is 5.91 Å². The standard InChI is InChI=1S/C13H14ClN5O9S2/c1-6(20)27-28-30(24,25)19-4-7(12(19)23)15-11(22)10(18-26-2)8-5-29-13(16-8)17-9(21)3-14/h5,7H,3-4H2,1-2H3,(H,15,22)(H,16,17,21)/t7-/m0/s1. The molecule has 3 amide bonds. The van der Waals surface area contributed by atoms with Crippen molar-refractivity contribution in [2.24, 2.45) is 5.16 Å². The number of carbonyl (C=O) groups is 4. The average Bonchev–Trinajstić information content (AvgIpc) is 3.14. The van der Waals surface area contributed by atoms with Crippen molar-refractivity contribution in [3.63, 3.8) is 0 Å². The average molecular weight is 484 g/mol. The van der Waals surface area contributed by atoms with Gasteiger partial charge in [-0.15, -0.1) is 22.9 Å². The first-order valence-corrected chi connectivity index (χ1v) is 10.5. The topological polar surface area (TPSA) is 183 Å². The van der Waals surface area contributed by atoms with E-state index in [9.17, 15) is 27.6 Å². The zero-order chi connectivity index (χ0) is 22.5. The molecule has 2 N–H and O–H groups in total. The molecule has 0 spiro atoms. The lowest BCUT2D eigenvalue weighted by molar-refractivity contribution is -0.211. The summed E-state index contributed by atoms with van der Waals surface area (Å²) in [5.74, 6) is -3.76. The summed E-state index contributed by atoms with van der Waals surface area (Å²) in [4.78, 5) is 58.9. The van der Waals surface area contributed by atoms with Gasteiger partial charge in [-0.3, -0.25) is 19.3 Å². The fourth-order valence-electron chi connectivity index (χ4n) is 1.95. The second-order valence-electron chi connectivity index (χ2n) is 5.34. The molecule has 164 valence electrons. The number of aromatic nitrogens is 1. The molecule has 0 radical (unpaired) electrons. The smallest absolute Gasteiger partial charge is 0.398 e. The van der Waals surface area contributed by atoms with Crippen LogP contribution in [0.15, 0.2) is 10.5 Å². The molecular formula is C13H14ClN5O9S2. The highest BCUT2D eigenvalue weighted by molar-refractivity contribution is 7.84. The Balaban J connectivity index is 2.03. The van der Waals surface area contributed by atoms with Crippen molar-refractivity contribution in [3.8, 4) is 0 Å². The van der Waals surface area contributed by atoms with E-state index in [2.05, 4.69) is 34.8 Å². The van der Waals surface area contributed by atoms with Gasteiger partial charge in [0.25, 0.3) is 11.8 Å². The van der Waals surface area contributed by atoms with E-state index in [4.69, 9.17) is 11.6 Å². The van der Waals surface area contributed by atoms with Gasteiger partial charge >= 0.3 is 16.3 Å². The lowest BCUT2D eigenvalue weighted by Gasteiger charge is -2.35. The predicted octanol–water partition coefficient (Wildman–Crippen LogP) is -1.26. The minimum absolute atomic E-state index is 0.0265. The highest BCUT2D eigenvalue weighted by Gasteiger charge is 2.47. The SMILES string of the molecule is CON=C(C(=O)N[C@H]1CN(S(=O)(=O)OOC(C)=O)C1=O)c1csc(NC(=O)CCl)n1. The Hall–Kier alpha value is -2.82. The summed E-state index contributed by atoms with van der Waals surface area (Å²) in [6, 6.07) is -1.22. The quantitative estimate of drug-likeness (QED) is 0.141. The molecule has 1 aliphatic heterocycles. The predicted molar refractivity (Wildman–Crippen MR) is 100 cm³/mol. The van der Waals surface area contributed by atoms with Crippen molar-refractivity contribution >= 4 is 67.8 Å². The van der Waals surface area contributed by atoms with Gasteiger partial charge in [0.15, 0.2) is 10.8 Å². The van der Waals surface area contributed by atoms with Crippen LogP contribution >= 0.6 is 22.9 Å². The Morgan fingerprint density at radius 1 is 1.43 bits per heavy atom. The van der Waals surface area contributed by atoms with Crippen molar-refractivity contribution in [1.82, 2.24) is 14.6 Å². The van der Waals surface area contributed by atoms with E-state index >= 15 is 0 Å². The van der Waals surface area contributed by atoms with Crippen molar-refractivity contribution < 1.29 is 41.7 Å². The Kier molecular flexibility index (Phi) is 7.65. The van der Waals surface area contributed by atoms with Gasteiger partial charge in [0.05, 0.1) is 6.54 Å². The summed E-state index contributed by atoms with van der Waals surface area (Å²) in [7, 11) is -3.49. The van der Waals surface area contributed by atoms with Crippen LogP contribution in [0.4, 0.5) is 5.13 Å². The van der Waals surface area contributed by atoms with Gasteiger partial charge in [-0.25, -0.2) is 14.1 Å². The van der Waals surface area contributed by atoms with E-state index in [-0.39, 0.29) is 26.7 Å². The molecule has 14 nitrogen and oxygen atoms in total. The molecule has 0 aliphatic carbocycles. The van der Waals surface area contributed by atoms with Crippen molar-refractivity contribution in [2.45, 2.75) is 13.0 Å². The van der Waals surface area contributed by atoms with Gasteiger partial charge in [-0.2, -0.15) is 8.42 Å². The number of thiazole rings is 1. The van der Waals surface area contributed by atoms with E-state index in [1.165, 1.54) is 12.5 Å². The molecule has 30 heavy (non-hydrogen) atoms. The fraction of sp³-hybridized carbons (Fsp3) is 0.385. The normalized spacial score (nSPS) is 16.5. The highest BCUT2D eigenvalue weighted by atomic mass is 35.5. The number of hydrogen-bond acceptors (Lipinski definition) is 12. The summed E-state index contributed by atoms with van der Waals surface area (Å²) in [5, 5.41) is 9.74. The highest BCUT2D eigenvalue weighted by Crippen LogP contribution is 2.19. The van der Waals surface area contributed by atoms with E-state index < -0.39 is 46.6 Å². The van der Waals surface area contributed by atoms with E-state index in [0.717, 1.165) is 18.3 Å². The Morgan fingerprint density at radius 3 is 2.70 bits per heavy atom. The van der Waals surface area contributed by atoms with Crippen LogP contribution in [-0.2, 0) is 43.5 Å². The number of carbonyl (C=O) groups excluding carboxylic acids is 4. The lowest BCUT2D eigenvalue weighted by atomic mass is 10.1. The molecule has 1 aromatic heterocycles. The van der Waals surface area contributed by atoms with Crippen LogP contribution in [0.3, 0.4) is 0 Å². The number of anilines is 1. The fourth-order valence-corrected chi connectivity index (χ4v) is 3.66. The maximum absolute atomic E-state index is 12.5. The van der Waals surface area contributed by atoms with Gasteiger partial charge in [-0.1, -0.05) is 5.16 Å². The minimum Gasteiger partial charge on any atom is -0.398 e. The molecule has 2 rings (SSSR count). The van der Waals surface area contributed by atoms with Crippen LogP contribution in [0.25, 0.3) is 0 Å². The second kappa shape index (κ2) is 9.79. The van der Waals surface area contributed by atoms with Crippen LogP contribution in [-0.4, -0.2) is 72.7 Å². The van der Waals surface area contributed by atoms with E-state index in [1.807, 2.05) is 0 Å². The third kappa shape index (κ3) is 5.62. The second-order valence-corrected chi connectivity index (χ2v) is 7.90. The molecule has 1 aromatic rings. The monoisotopic (exact) mass is 483 g/mol. The maximum Gasteiger partial charge on any atom is 0.400 e. The van der Waals surface area contributed by atoms with Crippen LogP contribution in [0.5, 0.6) is 0 Å². The van der Waals surface area contributed by atoms with Crippen molar-refractivity contribution in [3.05, 3.63) is 11.1 Å². The Morgan fingerprint density at radius 2 is 2.13 bits per heavy atom. The maximum atomic E-state index is 12.5. The molecular weight excluding hydrogens is 470 g/mol. The van der Waals surface area contributed by atoms with Gasteiger partial charge in [-0.05, 0) is 4.33 Å². The van der Waals surface area contributed by atoms with Crippen LogP contribution in [0.1, 0.15) is 12.6 Å². The largest absolute Gasteiger partial charge is 0.400 e. The van der Waals surface area contributed by atoms with Gasteiger partial charge < -0.3 is 15.5 Å². The summed E-state index contributed by atoms with van der Waals surface area (Å²) in [6.45, 7) is 0.431. The number of amides is 3. The molecule has 0 bridgehead atoms. The molecule has 17 heteroatoms. The number of halogens is 1. The molecule has 1 atom stereocenters.